The smallest absolute Gasteiger partial charge is 0.369 e. The van der Waals surface area contributed by atoms with Crippen molar-refractivity contribution in [3.63, 3.8) is 0 Å². The van der Waals surface area contributed by atoms with Crippen LogP contribution in [0, 0.1) is 0 Å². The second kappa shape index (κ2) is 8.51. The summed E-state index contributed by atoms with van der Waals surface area (Å²) >= 11 is 1.44. The summed E-state index contributed by atoms with van der Waals surface area (Å²) in [5.41, 5.74) is 0. The molecule has 0 aromatic heterocycles. The quantitative estimate of drug-likeness (QED) is 0.543. The third-order valence-corrected chi connectivity index (χ3v) is 4.03. The van der Waals surface area contributed by atoms with Crippen LogP contribution in [-0.4, -0.2) is 27.1 Å². The SMILES string of the molecule is CC(Oc1ccc(SC(=O)O)cc1)Oc1ccc(SC(=O)O)cc1. The Morgan fingerprint density at radius 3 is 1.42 bits per heavy atom. The summed E-state index contributed by atoms with van der Waals surface area (Å²) in [6.45, 7) is 1.72. The number of carboxylic acid groups (broad SMARTS) is 2. The average Bonchev–Trinajstić information content (AvgIpc) is 2.50. The van der Waals surface area contributed by atoms with Crippen molar-refractivity contribution in [3.05, 3.63) is 48.5 Å². The van der Waals surface area contributed by atoms with Gasteiger partial charge in [-0.2, -0.15) is 0 Å². The van der Waals surface area contributed by atoms with Crippen LogP contribution >= 0.6 is 23.5 Å². The van der Waals surface area contributed by atoms with E-state index >= 15 is 0 Å². The highest BCUT2D eigenvalue weighted by Gasteiger charge is 2.08. The largest absolute Gasteiger partial charge is 0.473 e. The Balaban J connectivity index is 1.89. The van der Waals surface area contributed by atoms with Crippen LogP contribution in [0.3, 0.4) is 0 Å². The van der Waals surface area contributed by atoms with E-state index in [0.717, 1.165) is 23.5 Å². The minimum Gasteiger partial charge on any atom is -0.473 e. The van der Waals surface area contributed by atoms with Gasteiger partial charge in [-0.3, -0.25) is 0 Å². The first kappa shape index (κ1) is 18.0. The van der Waals surface area contributed by atoms with Crippen molar-refractivity contribution in [2.45, 2.75) is 23.0 Å². The number of thioether (sulfide) groups is 2. The topological polar surface area (TPSA) is 93.1 Å². The van der Waals surface area contributed by atoms with Gasteiger partial charge in [0.1, 0.15) is 11.5 Å². The summed E-state index contributed by atoms with van der Waals surface area (Å²) in [7, 11) is 0. The van der Waals surface area contributed by atoms with E-state index in [2.05, 4.69) is 0 Å². The van der Waals surface area contributed by atoms with E-state index in [1.54, 1.807) is 55.5 Å². The van der Waals surface area contributed by atoms with Crippen molar-refractivity contribution in [1.29, 1.82) is 0 Å². The lowest BCUT2D eigenvalue weighted by molar-refractivity contribution is 0.0222. The zero-order valence-corrected chi connectivity index (χ0v) is 14.2. The molecule has 0 aliphatic carbocycles. The van der Waals surface area contributed by atoms with Crippen LogP contribution in [0.1, 0.15) is 6.92 Å². The van der Waals surface area contributed by atoms with Gasteiger partial charge in [0.2, 0.25) is 6.29 Å². The molecule has 2 aromatic rings. The van der Waals surface area contributed by atoms with E-state index in [-0.39, 0.29) is 0 Å². The molecule has 24 heavy (non-hydrogen) atoms. The van der Waals surface area contributed by atoms with E-state index in [1.807, 2.05) is 0 Å². The number of carbonyl (C=O) groups is 2. The lowest BCUT2D eigenvalue weighted by Gasteiger charge is -2.16. The van der Waals surface area contributed by atoms with Crippen LogP contribution in [0.25, 0.3) is 0 Å². The Bertz CT molecular complexity index is 638. The fourth-order valence-corrected chi connectivity index (χ4v) is 2.73. The van der Waals surface area contributed by atoms with Crippen LogP contribution in [0.4, 0.5) is 9.59 Å². The molecule has 0 atom stereocenters. The molecule has 6 nitrogen and oxygen atoms in total. The van der Waals surface area contributed by atoms with Crippen molar-refractivity contribution >= 4 is 34.1 Å². The highest BCUT2D eigenvalue weighted by Crippen LogP contribution is 2.24. The molecular formula is C16H14O6S2. The lowest BCUT2D eigenvalue weighted by Crippen LogP contribution is -2.19. The predicted molar refractivity (Wildman–Crippen MR) is 91.4 cm³/mol. The molecule has 0 aliphatic rings. The molecule has 0 radical (unpaired) electrons. The molecule has 0 aliphatic heterocycles. The zero-order valence-electron chi connectivity index (χ0n) is 12.5. The summed E-state index contributed by atoms with van der Waals surface area (Å²) in [4.78, 5) is 22.4. The highest BCUT2D eigenvalue weighted by molar-refractivity contribution is 8.13. The Morgan fingerprint density at radius 1 is 0.792 bits per heavy atom. The minimum atomic E-state index is -0.968. The Kier molecular flexibility index (Phi) is 6.39. The number of rotatable bonds is 6. The number of hydrogen-bond acceptors (Lipinski definition) is 6. The van der Waals surface area contributed by atoms with Crippen LogP contribution in [0.5, 0.6) is 11.5 Å². The van der Waals surface area contributed by atoms with Gasteiger partial charge in [0, 0.05) is 16.7 Å². The summed E-state index contributed by atoms with van der Waals surface area (Å²) in [6, 6.07) is 13.3. The third-order valence-electron chi connectivity index (χ3n) is 2.66. The molecule has 0 fully saturated rings. The van der Waals surface area contributed by atoms with E-state index in [4.69, 9.17) is 19.7 Å². The van der Waals surface area contributed by atoms with Crippen LogP contribution in [0.15, 0.2) is 58.3 Å². The molecule has 0 bridgehead atoms. The van der Waals surface area contributed by atoms with Crippen molar-refractivity contribution in [2.24, 2.45) is 0 Å². The maximum absolute atomic E-state index is 10.6. The Hall–Kier alpha value is -2.32. The first-order chi connectivity index (χ1) is 11.4. The summed E-state index contributed by atoms with van der Waals surface area (Å²) in [5, 5.41) is 15.4. The minimum absolute atomic E-state index is 0.551. The van der Waals surface area contributed by atoms with Crippen molar-refractivity contribution in [1.82, 2.24) is 0 Å². The molecular weight excluding hydrogens is 352 g/mol. The van der Waals surface area contributed by atoms with Crippen molar-refractivity contribution in [3.8, 4) is 11.5 Å². The molecule has 2 N–H and O–H groups in total. The third kappa shape index (κ3) is 6.05. The summed E-state index contributed by atoms with van der Waals surface area (Å²) < 4.78 is 11.2. The number of hydrogen-bond donors (Lipinski definition) is 2. The first-order valence-electron chi connectivity index (χ1n) is 6.77. The summed E-state index contributed by atoms with van der Waals surface area (Å²) in [5.74, 6) is 1.10. The van der Waals surface area contributed by atoms with Crippen molar-refractivity contribution in [2.75, 3.05) is 0 Å². The van der Waals surface area contributed by atoms with Crippen LogP contribution < -0.4 is 9.47 Å². The first-order valence-corrected chi connectivity index (χ1v) is 8.40. The second-order valence-corrected chi connectivity index (χ2v) is 6.53. The van der Waals surface area contributed by atoms with Gasteiger partial charge in [0.25, 0.3) is 0 Å². The fourth-order valence-electron chi connectivity index (χ4n) is 1.78. The van der Waals surface area contributed by atoms with Crippen molar-refractivity contribution < 1.29 is 29.3 Å². The summed E-state index contributed by atoms with van der Waals surface area (Å²) in [6.07, 6.45) is -0.569. The number of benzene rings is 2. The molecule has 2 aromatic carbocycles. The van der Waals surface area contributed by atoms with Gasteiger partial charge in [-0.1, -0.05) is 0 Å². The highest BCUT2D eigenvalue weighted by atomic mass is 32.2. The Labute approximate surface area is 146 Å². The average molecular weight is 366 g/mol. The second-order valence-electron chi connectivity index (χ2n) is 4.48. The molecule has 126 valence electrons. The molecule has 0 saturated heterocycles. The van der Waals surface area contributed by atoms with E-state index < -0.39 is 16.9 Å². The van der Waals surface area contributed by atoms with Gasteiger partial charge in [-0.15, -0.1) is 0 Å². The fraction of sp³-hybridized carbons (Fsp3) is 0.125. The molecule has 0 heterocycles. The van der Waals surface area contributed by atoms with Gasteiger partial charge in [0.15, 0.2) is 0 Å². The van der Waals surface area contributed by atoms with Gasteiger partial charge < -0.3 is 19.7 Å². The maximum Gasteiger partial charge on any atom is 0.369 e. The predicted octanol–water partition coefficient (Wildman–Crippen LogP) is 5.03. The van der Waals surface area contributed by atoms with Gasteiger partial charge in [0.05, 0.1) is 0 Å². The normalized spacial score (nSPS) is 10.4. The maximum atomic E-state index is 10.6. The monoisotopic (exact) mass is 366 g/mol. The van der Waals surface area contributed by atoms with Gasteiger partial charge >= 0.3 is 10.6 Å². The number of ether oxygens (including phenoxy) is 2. The van der Waals surface area contributed by atoms with Crippen LogP contribution in [-0.2, 0) is 0 Å². The van der Waals surface area contributed by atoms with E-state index in [0.29, 0.717) is 21.3 Å². The van der Waals surface area contributed by atoms with E-state index in [9.17, 15) is 9.59 Å². The molecule has 0 amide bonds. The standard InChI is InChI=1S/C16H14O6S2/c1-10(21-11-2-6-13(7-3-11)23-15(17)18)22-12-4-8-14(9-5-12)24-16(19)20/h2-10H,1H3,(H,17,18)(H,19,20). The molecule has 2 rings (SSSR count). The molecule has 0 saturated carbocycles. The zero-order chi connectivity index (χ0) is 17.5. The molecule has 0 spiro atoms. The molecule has 0 unspecified atom stereocenters. The van der Waals surface area contributed by atoms with E-state index in [1.165, 1.54) is 0 Å². The molecule has 8 heteroatoms. The van der Waals surface area contributed by atoms with Gasteiger partial charge in [-0.25, -0.2) is 9.59 Å². The van der Waals surface area contributed by atoms with Crippen LogP contribution in [0.2, 0.25) is 0 Å². The lowest BCUT2D eigenvalue weighted by atomic mass is 10.3. The van der Waals surface area contributed by atoms with Gasteiger partial charge in [-0.05, 0) is 72.1 Å². The Morgan fingerprint density at radius 2 is 1.12 bits per heavy atom.